The molecule has 0 radical (unpaired) electrons. The van der Waals surface area contributed by atoms with Gasteiger partial charge >= 0.3 is 18.5 Å². The summed E-state index contributed by atoms with van der Waals surface area (Å²) < 4.78 is 185. The number of alkyl halides is 9. The van der Waals surface area contributed by atoms with Gasteiger partial charge in [0, 0.05) is 33.4 Å². The van der Waals surface area contributed by atoms with Crippen LogP contribution in [0.3, 0.4) is 0 Å². The van der Waals surface area contributed by atoms with Gasteiger partial charge in [-0.25, -0.2) is 16.8 Å². The normalized spacial score (nSPS) is 17.3. The van der Waals surface area contributed by atoms with Crippen LogP contribution in [-0.4, -0.2) is 16.8 Å². The summed E-state index contributed by atoms with van der Waals surface area (Å²) in [6.07, 6.45) is -15.3. The zero-order chi connectivity index (χ0) is 41.9. The Balaban J connectivity index is 1.35. The van der Waals surface area contributed by atoms with Crippen molar-refractivity contribution in [3.8, 4) is 0 Å². The molecule has 6 aromatic rings. The summed E-state index contributed by atoms with van der Waals surface area (Å²) in [6, 6.07) is 22.0. The van der Waals surface area contributed by atoms with Gasteiger partial charge in [-0.1, -0.05) is 42.5 Å². The van der Waals surface area contributed by atoms with E-state index in [-0.39, 0.29) is 81.3 Å². The molecule has 4 aliphatic rings. The molecule has 0 saturated carbocycles. The number of aryl methyl sites for hydroxylation is 1. The Morgan fingerprint density at radius 1 is 0.407 bits per heavy atom. The number of hydrogen-bond donors (Lipinski definition) is 0. The molecule has 2 heterocycles. The molecule has 0 spiro atoms. The molecule has 59 heavy (non-hydrogen) atoms. The average Bonchev–Trinajstić information content (AvgIpc) is 3.81. The minimum atomic E-state index is -5.24. The first-order valence-electron chi connectivity index (χ1n) is 17.6. The summed E-state index contributed by atoms with van der Waals surface area (Å²) in [5.74, 6) is 0. The van der Waals surface area contributed by atoms with E-state index >= 15 is 0 Å². The highest BCUT2D eigenvalue weighted by Crippen LogP contribution is 2.53. The number of rotatable bonds is 2. The molecule has 0 aromatic heterocycles. The van der Waals surface area contributed by atoms with Crippen molar-refractivity contribution in [3.05, 3.63) is 185 Å². The summed E-state index contributed by atoms with van der Waals surface area (Å²) in [5.41, 5.74) is -3.99. The lowest BCUT2D eigenvalue weighted by molar-refractivity contribution is -0.143. The molecule has 0 amide bonds. The van der Waals surface area contributed by atoms with Crippen LogP contribution in [0.1, 0.15) is 55.6 Å². The third-order valence-corrected chi connectivity index (χ3v) is 14.9. The van der Waals surface area contributed by atoms with Crippen molar-refractivity contribution in [1.82, 2.24) is 0 Å². The quantitative estimate of drug-likeness (QED) is 0.163. The minimum absolute atomic E-state index is 0.00684. The molecule has 2 aliphatic heterocycles. The molecule has 0 bridgehead atoms. The first kappa shape index (κ1) is 37.3. The van der Waals surface area contributed by atoms with Crippen LogP contribution in [0.2, 0.25) is 0 Å². The van der Waals surface area contributed by atoms with Gasteiger partial charge in [0.05, 0.1) is 36.3 Å². The van der Waals surface area contributed by atoms with Gasteiger partial charge in [0.2, 0.25) is 19.7 Å². The van der Waals surface area contributed by atoms with E-state index in [2.05, 4.69) is 0 Å². The third-order valence-electron chi connectivity index (χ3n) is 11.1. The van der Waals surface area contributed by atoms with Gasteiger partial charge in [-0.3, -0.25) is 0 Å². The zero-order valence-electron chi connectivity index (χ0n) is 29.7. The number of benzene rings is 6. The maximum Gasteiger partial charge on any atom is 0.416 e. The molecule has 0 N–H and O–H groups in total. The van der Waals surface area contributed by atoms with Crippen molar-refractivity contribution in [3.63, 3.8) is 0 Å². The van der Waals surface area contributed by atoms with Crippen molar-refractivity contribution >= 4 is 52.7 Å². The van der Waals surface area contributed by atoms with E-state index in [0.29, 0.717) is 28.5 Å². The van der Waals surface area contributed by atoms with Crippen LogP contribution in [0.25, 0.3) is 33.1 Å². The number of allylic oxidation sites excluding steroid dienone is 2. The predicted molar refractivity (Wildman–Crippen MR) is 200 cm³/mol. The maximum atomic E-state index is 14.3. The SMILES string of the molecule is Cc1cc(C2=c3cc4cc5c(cc4cc3C3=C2S(=O)(=O)c2ccccc23)=C(c2cc(C(F)(F)F)cc(C(F)(F)F)c2)C2=C5c3ccccc3S2(=O)=O)cc(C(F)(F)F)c1. The Hall–Kier alpha value is -5.93. The largest absolute Gasteiger partial charge is 0.416 e. The smallest absolute Gasteiger partial charge is 0.218 e. The number of hydrogen-bond acceptors (Lipinski definition) is 4. The Kier molecular flexibility index (Phi) is 7.36. The van der Waals surface area contributed by atoms with Gasteiger partial charge < -0.3 is 0 Å². The summed E-state index contributed by atoms with van der Waals surface area (Å²) >= 11 is 0. The molecule has 0 saturated heterocycles. The molecule has 0 fully saturated rings. The van der Waals surface area contributed by atoms with E-state index in [4.69, 9.17) is 0 Å². The molecule has 6 aromatic carbocycles. The van der Waals surface area contributed by atoms with E-state index in [1.165, 1.54) is 61.5 Å². The fourth-order valence-electron chi connectivity index (χ4n) is 8.79. The summed E-state index contributed by atoms with van der Waals surface area (Å²) in [6.45, 7) is 1.45. The van der Waals surface area contributed by atoms with E-state index in [1.807, 2.05) is 0 Å². The van der Waals surface area contributed by atoms with E-state index in [9.17, 15) is 56.3 Å². The fourth-order valence-corrected chi connectivity index (χ4v) is 12.6. The standard InChI is InChI=1S/C44H21F9O4S2/c1-20-10-23(12-25(11-20)42(45,46)47)36-30-15-21-18-33-31(16-22(21)17-32(30)38-28-6-2-4-8-34(28)58(54,55)40(36)38)37(41-39(33)29-7-3-5-9-35(29)59(41,56)57)24-13-26(43(48,49)50)19-27(14-24)44(51,52)53/h2-19H,1H3. The molecule has 0 atom stereocenters. The Morgan fingerprint density at radius 2 is 0.780 bits per heavy atom. The lowest BCUT2D eigenvalue weighted by atomic mass is 9.93. The highest BCUT2D eigenvalue weighted by atomic mass is 32.2. The van der Waals surface area contributed by atoms with Gasteiger partial charge in [0.15, 0.2) is 0 Å². The van der Waals surface area contributed by atoms with Crippen molar-refractivity contribution < 1.29 is 56.3 Å². The first-order valence-corrected chi connectivity index (χ1v) is 20.6. The predicted octanol–water partition coefficient (Wildman–Crippen LogP) is 9.72. The van der Waals surface area contributed by atoms with E-state index < -0.39 is 65.4 Å². The van der Waals surface area contributed by atoms with Gasteiger partial charge in [0.1, 0.15) is 0 Å². The second-order valence-electron chi connectivity index (χ2n) is 14.7. The van der Waals surface area contributed by atoms with Crippen LogP contribution in [0, 0.1) is 6.92 Å². The van der Waals surface area contributed by atoms with Crippen molar-refractivity contribution in [2.45, 2.75) is 35.2 Å². The number of sulfone groups is 2. The van der Waals surface area contributed by atoms with Crippen LogP contribution < -0.4 is 10.4 Å². The van der Waals surface area contributed by atoms with Gasteiger partial charge in [0.25, 0.3) is 0 Å². The van der Waals surface area contributed by atoms with Gasteiger partial charge in [-0.15, -0.1) is 0 Å². The molecule has 0 unspecified atom stereocenters. The highest BCUT2D eigenvalue weighted by Gasteiger charge is 2.46. The number of fused-ring (bicyclic) bond motifs is 9. The van der Waals surface area contributed by atoms with E-state index in [1.54, 1.807) is 24.3 Å². The molecular weight excluding hydrogens is 828 g/mol. The van der Waals surface area contributed by atoms with Crippen LogP contribution >= 0.6 is 0 Å². The summed E-state index contributed by atoms with van der Waals surface area (Å²) in [5, 5.41) is 0.899. The molecule has 15 heteroatoms. The maximum absolute atomic E-state index is 14.3. The van der Waals surface area contributed by atoms with Crippen LogP contribution in [0.15, 0.2) is 129 Å². The highest BCUT2D eigenvalue weighted by molar-refractivity contribution is 7.97. The Bertz CT molecular complexity index is 3390. The van der Waals surface area contributed by atoms with Gasteiger partial charge in [-0.2, -0.15) is 39.5 Å². The monoisotopic (exact) mass is 848 g/mol. The lowest BCUT2D eigenvalue weighted by Gasteiger charge is -2.16. The third kappa shape index (κ3) is 5.22. The molecule has 10 rings (SSSR count). The first-order chi connectivity index (χ1) is 27.6. The second-order valence-corrected chi connectivity index (χ2v) is 18.4. The molecule has 4 nitrogen and oxygen atoms in total. The molecule has 2 aliphatic carbocycles. The average molecular weight is 849 g/mol. The molecule has 296 valence electrons. The van der Waals surface area contributed by atoms with Crippen LogP contribution in [0.5, 0.6) is 0 Å². The van der Waals surface area contributed by atoms with Crippen molar-refractivity contribution in [2.75, 3.05) is 0 Å². The van der Waals surface area contributed by atoms with Crippen molar-refractivity contribution in [1.29, 1.82) is 0 Å². The van der Waals surface area contributed by atoms with Gasteiger partial charge in [-0.05, 0) is 123 Å². The number of halogens is 9. The van der Waals surface area contributed by atoms with Crippen LogP contribution in [0.4, 0.5) is 39.5 Å². The van der Waals surface area contributed by atoms with E-state index in [0.717, 1.165) is 12.1 Å². The topological polar surface area (TPSA) is 68.3 Å². The Labute approximate surface area is 328 Å². The Morgan fingerprint density at radius 3 is 1.19 bits per heavy atom. The molecular formula is C44H21F9O4S2. The summed E-state index contributed by atoms with van der Waals surface area (Å²) in [7, 11) is -8.84. The fraction of sp³-hybridized carbons (Fsp3) is 0.0909. The zero-order valence-corrected chi connectivity index (χ0v) is 31.4. The van der Waals surface area contributed by atoms with Crippen molar-refractivity contribution in [2.24, 2.45) is 0 Å². The summed E-state index contributed by atoms with van der Waals surface area (Å²) in [4.78, 5) is -0.968. The second kappa shape index (κ2) is 11.6. The minimum Gasteiger partial charge on any atom is -0.218 e. The van der Waals surface area contributed by atoms with Crippen LogP contribution in [-0.2, 0) is 38.2 Å². The lowest BCUT2D eigenvalue weighted by Crippen LogP contribution is -2.17.